The number of aliphatic hydroxyl groups is 1. The van der Waals surface area contributed by atoms with Crippen molar-refractivity contribution in [2.45, 2.75) is 26.7 Å². The molecule has 0 aliphatic rings. The van der Waals surface area contributed by atoms with Crippen LogP contribution in [0.4, 0.5) is 4.39 Å². The second-order valence-corrected chi connectivity index (χ2v) is 6.34. The predicted octanol–water partition coefficient (Wildman–Crippen LogP) is 2.79. The lowest BCUT2D eigenvalue weighted by atomic mass is 9.94. The van der Waals surface area contributed by atoms with E-state index in [1.807, 2.05) is 0 Å². The van der Waals surface area contributed by atoms with Crippen LogP contribution in [0.3, 0.4) is 0 Å². The molecule has 130 valence electrons. The SMILES string of the molecule is CC(C)CC(CCO)CNC(=O)c1ccn(-c2cccc(F)c2)n1. The van der Waals surface area contributed by atoms with Gasteiger partial charge in [0.15, 0.2) is 5.69 Å². The number of amides is 1. The summed E-state index contributed by atoms with van der Waals surface area (Å²) >= 11 is 0. The van der Waals surface area contributed by atoms with Crippen molar-refractivity contribution in [2.75, 3.05) is 13.2 Å². The average molecular weight is 333 g/mol. The highest BCUT2D eigenvalue weighted by Crippen LogP contribution is 2.14. The van der Waals surface area contributed by atoms with Gasteiger partial charge < -0.3 is 10.4 Å². The smallest absolute Gasteiger partial charge is 0.271 e. The van der Waals surface area contributed by atoms with Gasteiger partial charge in [-0.1, -0.05) is 19.9 Å². The van der Waals surface area contributed by atoms with Crippen LogP contribution in [0.15, 0.2) is 36.5 Å². The van der Waals surface area contributed by atoms with Crippen LogP contribution in [0, 0.1) is 17.7 Å². The summed E-state index contributed by atoms with van der Waals surface area (Å²) in [6.07, 6.45) is 3.23. The van der Waals surface area contributed by atoms with Gasteiger partial charge in [0.25, 0.3) is 5.91 Å². The number of hydrogen-bond acceptors (Lipinski definition) is 3. The monoisotopic (exact) mass is 333 g/mol. The molecule has 0 bridgehead atoms. The van der Waals surface area contributed by atoms with E-state index in [0.29, 0.717) is 24.6 Å². The van der Waals surface area contributed by atoms with Crippen molar-refractivity contribution in [3.05, 3.63) is 48.0 Å². The van der Waals surface area contributed by atoms with Crippen LogP contribution in [-0.4, -0.2) is 33.9 Å². The molecule has 2 aromatic rings. The number of nitrogens with one attached hydrogen (secondary N) is 1. The number of hydrogen-bond donors (Lipinski definition) is 2. The summed E-state index contributed by atoms with van der Waals surface area (Å²) in [7, 11) is 0. The molecule has 0 aliphatic carbocycles. The lowest BCUT2D eigenvalue weighted by Crippen LogP contribution is -2.30. The summed E-state index contributed by atoms with van der Waals surface area (Å²) in [4.78, 5) is 12.2. The lowest BCUT2D eigenvalue weighted by Gasteiger charge is -2.18. The van der Waals surface area contributed by atoms with Crippen LogP contribution < -0.4 is 5.32 Å². The minimum atomic E-state index is -0.352. The molecule has 0 aliphatic heterocycles. The van der Waals surface area contributed by atoms with E-state index in [1.54, 1.807) is 24.4 Å². The highest BCUT2D eigenvalue weighted by atomic mass is 19.1. The summed E-state index contributed by atoms with van der Waals surface area (Å²) < 4.78 is 14.7. The Hall–Kier alpha value is -2.21. The molecule has 6 heteroatoms. The summed E-state index contributed by atoms with van der Waals surface area (Å²) in [6.45, 7) is 4.85. The van der Waals surface area contributed by atoms with Gasteiger partial charge in [0.05, 0.1) is 5.69 Å². The summed E-state index contributed by atoms with van der Waals surface area (Å²) in [5.74, 6) is 0.126. The number of carbonyl (C=O) groups excluding carboxylic acids is 1. The Morgan fingerprint density at radius 2 is 2.17 bits per heavy atom. The molecule has 1 atom stereocenters. The Labute approximate surface area is 141 Å². The maximum Gasteiger partial charge on any atom is 0.271 e. The van der Waals surface area contributed by atoms with Crippen molar-refractivity contribution in [1.29, 1.82) is 0 Å². The maximum absolute atomic E-state index is 13.3. The van der Waals surface area contributed by atoms with Gasteiger partial charge in [0.1, 0.15) is 5.82 Å². The fourth-order valence-electron chi connectivity index (χ4n) is 2.69. The third-order valence-electron chi connectivity index (χ3n) is 3.79. The van der Waals surface area contributed by atoms with E-state index >= 15 is 0 Å². The van der Waals surface area contributed by atoms with Crippen molar-refractivity contribution in [1.82, 2.24) is 15.1 Å². The van der Waals surface area contributed by atoms with Crippen molar-refractivity contribution >= 4 is 5.91 Å². The van der Waals surface area contributed by atoms with Gasteiger partial charge in [-0.3, -0.25) is 4.79 Å². The number of halogens is 1. The van der Waals surface area contributed by atoms with E-state index in [9.17, 15) is 9.18 Å². The second-order valence-electron chi connectivity index (χ2n) is 6.34. The molecule has 0 spiro atoms. The molecule has 0 saturated carbocycles. The number of aromatic nitrogens is 2. The summed E-state index contributed by atoms with van der Waals surface area (Å²) in [5, 5.41) is 16.2. The predicted molar refractivity (Wildman–Crippen MR) is 90.5 cm³/mol. The van der Waals surface area contributed by atoms with Crippen molar-refractivity contribution in [2.24, 2.45) is 11.8 Å². The fraction of sp³-hybridized carbons (Fsp3) is 0.444. The highest BCUT2D eigenvalue weighted by molar-refractivity contribution is 5.92. The van der Waals surface area contributed by atoms with Crippen molar-refractivity contribution in [3.63, 3.8) is 0 Å². The number of rotatable bonds is 8. The van der Waals surface area contributed by atoms with Gasteiger partial charge in [-0.25, -0.2) is 9.07 Å². The lowest BCUT2D eigenvalue weighted by molar-refractivity contribution is 0.0936. The van der Waals surface area contributed by atoms with Gasteiger partial charge in [0.2, 0.25) is 0 Å². The van der Waals surface area contributed by atoms with Gasteiger partial charge in [-0.2, -0.15) is 5.10 Å². The molecule has 0 radical (unpaired) electrons. The number of carbonyl (C=O) groups is 1. The first kappa shape index (κ1) is 18.1. The van der Waals surface area contributed by atoms with E-state index in [1.165, 1.54) is 16.8 Å². The van der Waals surface area contributed by atoms with Crippen molar-refractivity contribution in [3.8, 4) is 5.69 Å². The van der Waals surface area contributed by atoms with Crippen LogP contribution >= 0.6 is 0 Å². The first-order valence-electron chi connectivity index (χ1n) is 8.20. The molecule has 0 saturated heterocycles. The highest BCUT2D eigenvalue weighted by Gasteiger charge is 2.15. The van der Waals surface area contributed by atoms with Gasteiger partial charge in [-0.15, -0.1) is 0 Å². The Kier molecular flexibility index (Phi) is 6.49. The van der Waals surface area contributed by atoms with Gasteiger partial charge in [-0.05, 0) is 48.9 Å². The first-order chi connectivity index (χ1) is 11.5. The average Bonchev–Trinajstić information content (AvgIpc) is 3.02. The van der Waals surface area contributed by atoms with Crippen LogP contribution in [0.25, 0.3) is 5.69 Å². The zero-order chi connectivity index (χ0) is 17.5. The maximum atomic E-state index is 13.3. The minimum Gasteiger partial charge on any atom is -0.396 e. The topological polar surface area (TPSA) is 67.2 Å². The normalized spacial score (nSPS) is 12.4. The Balaban J connectivity index is 1.98. The molecule has 1 aromatic carbocycles. The first-order valence-corrected chi connectivity index (χ1v) is 8.20. The van der Waals surface area contributed by atoms with Gasteiger partial charge in [0, 0.05) is 19.3 Å². The molecule has 24 heavy (non-hydrogen) atoms. The van der Waals surface area contributed by atoms with Crippen molar-refractivity contribution < 1.29 is 14.3 Å². The quantitative estimate of drug-likeness (QED) is 0.780. The summed E-state index contributed by atoms with van der Waals surface area (Å²) in [5.41, 5.74) is 0.846. The van der Waals surface area contributed by atoms with E-state index in [0.717, 1.165) is 6.42 Å². The van der Waals surface area contributed by atoms with E-state index < -0.39 is 0 Å². The molecule has 1 heterocycles. The Morgan fingerprint density at radius 3 is 2.83 bits per heavy atom. The minimum absolute atomic E-state index is 0.113. The van der Waals surface area contributed by atoms with E-state index in [2.05, 4.69) is 24.3 Å². The third kappa shape index (κ3) is 5.16. The largest absolute Gasteiger partial charge is 0.396 e. The molecular weight excluding hydrogens is 309 g/mol. The molecule has 1 unspecified atom stereocenters. The van der Waals surface area contributed by atoms with Crippen LogP contribution in [0.2, 0.25) is 0 Å². The Bertz CT molecular complexity index is 670. The molecule has 1 amide bonds. The van der Waals surface area contributed by atoms with Crippen LogP contribution in [0.1, 0.15) is 37.2 Å². The van der Waals surface area contributed by atoms with E-state index in [-0.39, 0.29) is 29.9 Å². The molecular formula is C18H24FN3O2. The molecule has 2 N–H and O–H groups in total. The van der Waals surface area contributed by atoms with Crippen LogP contribution in [-0.2, 0) is 0 Å². The second kappa shape index (κ2) is 8.59. The molecule has 2 rings (SSSR count). The van der Waals surface area contributed by atoms with Gasteiger partial charge >= 0.3 is 0 Å². The number of benzene rings is 1. The number of nitrogens with zero attached hydrogens (tertiary/aromatic N) is 2. The standard InChI is InChI=1S/C18H24FN3O2/c1-13(2)10-14(7-9-23)12-20-18(24)17-6-8-22(21-17)16-5-3-4-15(19)11-16/h3-6,8,11,13-14,23H,7,9-10,12H2,1-2H3,(H,20,24). The third-order valence-corrected chi connectivity index (χ3v) is 3.79. The zero-order valence-corrected chi connectivity index (χ0v) is 14.1. The zero-order valence-electron chi connectivity index (χ0n) is 14.1. The molecule has 1 aromatic heterocycles. The molecule has 0 fully saturated rings. The molecule has 5 nitrogen and oxygen atoms in total. The number of aliphatic hydroxyl groups excluding tert-OH is 1. The Morgan fingerprint density at radius 1 is 1.38 bits per heavy atom. The summed E-state index contributed by atoms with van der Waals surface area (Å²) in [6, 6.07) is 7.63. The van der Waals surface area contributed by atoms with Crippen LogP contribution in [0.5, 0.6) is 0 Å². The fourth-order valence-corrected chi connectivity index (χ4v) is 2.69. The van der Waals surface area contributed by atoms with E-state index in [4.69, 9.17) is 5.11 Å².